The maximum Gasteiger partial charge on any atom is 0.238 e. The van der Waals surface area contributed by atoms with Gasteiger partial charge in [-0.2, -0.15) is 5.26 Å². The number of anilines is 1. The van der Waals surface area contributed by atoms with E-state index in [9.17, 15) is 13.7 Å². The van der Waals surface area contributed by atoms with E-state index < -0.39 is 10.0 Å². The third-order valence-corrected chi connectivity index (χ3v) is 6.05. The molecule has 1 saturated carbocycles. The van der Waals surface area contributed by atoms with Crippen LogP contribution in [0.5, 0.6) is 0 Å². The summed E-state index contributed by atoms with van der Waals surface area (Å²) in [6.07, 6.45) is 4.63. The predicted octanol–water partition coefficient (Wildman–Crippen LogP) is 3.59. The molecule has 0 heterocycles. The van der Waals surface area contributed by atoms with E-state index in [4.69, 9.17) is 5.14 Å². The highest BCUT2D eigenvalue weighted by Crippen LogP contribution is 2.35. The van der Waals surface area contributed by atoms with Crippen molar-refractivity contribution in [3.8, 4) is 6.07 Å². The zero-order chi connectivity index (χ0) is 18.6. The zero-order valence-electron chi connectivity index (χ0n) is 14.6. The van der Waals surface area contributed by atoms with Gasteiger partial charge in [-0.1, -0.05) is 30.3 Å². The number of benzene rings is 2. The lowest BCUT2D eigenvalue weighted by Gasteiger charge is -2.29. The van der Waals surface area contributed by atoms with Gasteiger partial charge in [-0.25, -0.2) is 13.6 Å². The van der Waals surface area contributed by atoms with Crippen molar-refractivity contribution < 1.29 is 8.42 Å². The van der Waals surface area contributed by atoms with Gasteiger partial charge in [-0.3, -0.25) is 0 Å². The number of rotatable bonds is 5. The van der Waals surface area contributed by atoms with E-state index in [-0.39, 0.29) is 4.90 Å². The van der Waals surface area contributed by atoms with Crippen LogP contribution in [0.1, 0.15) is 42.7 Å². The second-order valence-corrected chi connectivity index (χ2v) is 8.43. The normalized spacial score (nSPS) is 20.3. The SMILES string of the molecule is N#Cc1cc(S(N)(=O)=O)ccc1NCC1CCC(c2ccccc2)CC1. The number of nitrogens with one attached hydrogen (secondary N) is 1. The van der Waals surface area contributed by atoms with Crippen molar-refractivity contribution in [1.82, 2.24) is 0 Å². The molecule has 0 radical (unpaired) electrons. The molecule has 1 aliphatic rings. The largest absolute Gasteiger partial charge is 0.384 e. The maximum absolute atomic E-state index is 11.4. The quantitative estimate of drug-likeness (QED) is 0.842. The van der Waals surface area contributed by atoms with Crippen molar-refractivity contribution in [2.45, 2.75) is 36.5 Å². The molecule has 0 aliphatic heterocycles. The fourth-order valence-electron chi connectivity index (χ4n) is 3.63. The van der Waals surface area contributed by atoms with E-state index in [0.717, 1.165) is 19.4 Å². The van der Waals surface area contributed by atoms with Crippen LogP contribution in [-0.4, -0.2) is 15.0 Å². The lowest BCUT2D eigenvalue weighted by Crippen LogP contribution is -2.21. The van der Waals surface area contributed by atoms with Gasteiger partial charge in [0.05, 0.1) is 16.1 Å². The molecular weight excluding hydrogens is 346 g/mol. The number of primary sulfonamides is 1. The maximum atomic E-state index is 11.4. The van der Waals surface area contributed by atoms with E-state index in [1.165, 1.54) is 30.5 Å². The molecule has 0 aromatic heterocycles. The summed E-state index contributed by atoms with van der Waals surface area (Å²) in [7, 11) is -3.80. The standard InChI is InChI=1S/C20H23N3O2S/c21-13-18-12-19(26(22,24)25)10-11-20(18)23-14-15-6-8-17(9-7-15)16-4-2-1-3-5-16/h1-5,10-12,15,17,23H,6-9,14H2,(H2,22,24,25). The summed E-state index contributed by atoms with van der Waals surface area (Å²) in [6, 6.07) is 17.1. The smallest absolute Gasteiger partial charge is 0.238 e. The Bertz CT molecular complexity index is 896. The van der Waals surface area contributed by atoms with Gasteiger partial charge >= 0.3 is 0 Å². The molecule has 3 N–H and O–H groups in total. The van der Waals surface area contributed by atoms with Crippen LogP contribution in [0.3, 0.4) is 0 Å². The lowest BCUT2D eigenvalue weighted by molar-refractivity contribution is 0.338. The first kappa shape index (κ1) is 18.4. The van der Waals surface area contributed by atoms with Crippen molar-refractivity contribution in [3.63, 3.8) is 0 Å². The minimum absolute atomic E-state index is 0.0389. The molecule has 5 nitrogen and oxygen atoms in total. The first-order valence-corrected chi connectivity index (χ1v) is 10.4. The molecule has 2 aromatic carbocycles. The number of nitrogens with zero attached hydrogens (tertiary/aromatic N) is 1. The minimum Gasteiger partial charge on any atom is -0.384 e. The average molecular weight is 369 g/mol. The molecule has 26 heavy (non-hydrogen) atoms. The molecule has 0 bridgehead atoms. The highest BCUT2D eigenvalue weighted by atomic mass is 32.2. The van der Waals surface area contributed by atoms with Crippen LogP contribution >= 0.6 is 0 Å². The minimum atomic E-state index is -3.80. The molecule has 6 heteroatoms. The summed E-state index contributed by atoms with van der Waals surface area (Å²) in [6.45, 7) is 0.783. The second kappa shape index (κ2) is 7.90. The average Bonchev–Trinajstić information content (AvgIpc) is 2.66. The van der Waals surface area contributed by atoms with Gasteiger partial charge in [-0.05, 0) is 61.3 Å². The Kier molecular flexibility index (Phi) is 5.60. The van der Waals surface area contributed by atoms with Gasteiger partial charge in [0.15, 0.2) is 0 Å². The molecule has 1 fully saturated rings. The molecule has 0 saturated heterocycles. The number of nitrogens with two attached hydrogens (primary N) is 1. The molecule has 0 unspecified atom stereocenters. The van der Waals surface area contributed by atoms with E-state index in [0.29, 0.717) is 23.1 Å². The second-order valence-electron chi connectivity index (χ2n) is 6.87. The molecule has 0 atom stereocenters. The van der Waals surface area contributed by atoms with Gasteiger partial charge in [0.25, 0.3) is 0 Å². The summed E-state index contributed by atoms with van der Waals surface area (Å²) >= 11 is 0. The van der Waals surface area contributed by atoms with E-state index >= 15 is 0 Å². The van der Waals surface area contributed by atoms with Crippen LogP contribution in [0.25, 0.3) is 0 Å². The highest BCUT2D eigenvalue weighted by Gasteiger charge is 2.22. The molecule has 3 rings (SSSR count). The molecular formula is C20H23N3O2S. The van der Waals surface area contributed by atoms with Gasteiger partial charge < -0.3 is 5.32 Å². The Hall–Kier alpha value is -2.36. The van der Waals surface area contributed by atoms with Crippen LogP contribution in [0, 0.1) is 17.2 Å². The summed E-state index contributed by atoms with van der Waals surface area (Å²) in [5.74, 6) is 1.19. The number of nitriles is 1. The van der Waals surface area contributed by atoms with E-state index in [1.54, 1.807) is 6.07 Å². The van der Waals surface area contributed by atoms with Crippen LogP contribution < -0.4 is 10.5 Å². The molecule has 0 spiro atoms. The Morgan fingerprint density at radius 1 is 1.08 bits per heavy atom. The molecule has 136 valence electrons. The third-order valence-electron chi connectivity index (χ3n) is 5.14. The van der Waals surface area contributed by atoms with Crippen LogP contribution in [0.15, 0.2) is 53.4 Å². The monoisotopic (exact) mass is 369 g/mol. The van der Waals surface area contributed by atoms with Crippen molar-refractivity contribution in [3.05, 3.63) is 59.7 Å². The predicted molar refractivity (Wildman–Crippen MR) is 102 cm³/mol. The summed E-state index contributed by atoms with van der Waals surface area (Å²) in [5.41, 5.74) is 2.38. The first-order chi connectivity index (χ1) is 12.5. The first-order valence-electron chi connectivity index (χ1n) is 8.83. The van der Waals surface area contributed by atoms with Crippen LogP contribution in [0.2, 0.25) is 0 Å². The zero-order valence-corrected chi connectivity index (χ0v) is 15.4. The van der Waals surface area contributed by atoms with Gasteiger partial charge in [0, 0.05) is 6.54 Å². The van der Waals surface area contributed by atoms with Gasteiger partial charge in [0.2, 0.25) is 10.0 Å². The Balaban J connectivity index is 1.58. The fraction of sp³-hybridized carbons (Fsp3) is 0.350. The van der Waals surface area contributed by atoms with Crippen molar-refractivity contribution in [1.29, 1.82) is 5.26 Å². The van der Waals surface area contributed by atoms with Crippen LogP contribution in [-0.2, 0) is 10.0 Å². The number of sulfonamides is 1. The summed E-state index contributed by atoms with van der Waals surface area (Å²) in [5, 5.41) is 17.7. The fourth-order valence-corrected chi connectivity index (χ4v) is 4.17. The Morgan fingerprint density at radius 3 is 2.38 bits per heavy atom. The van der Waals surface area contributed by atoms with Crippen molar-refractivity contribution in [2.75, 3.05) is 11.9 Å². The summed E-state index contributed by atoms with van der Waals surface area (Å²) in [4.78, 5) is -0.0389. The number of hydrogen-bond donors (Lipinski definition) is 2. The number of hydrogen-bond acceptors (Lipinski definition) is 4. The van der Waals surface area contributed by atoms with Crippen LogP contribution in [0.4, 0.5) is 5.69 Å². The van der Waals surface area contributed by atoms with Crippen molar-refractivity contribution in [2.24, 2.45) is 11.1 Å². The van der Waals surface area contributed by atoms with E-state index in [2.05, 4.69) is 29.6 Å². The third kappa shape index (κ3) is 4.43. The Labute approximate surface area is 154 Å². The van der Waals surface area contributed by atoms with Crippen molar-refractivity contribution >= 4 is 15.7 Å². The van der Waals surface area contributed by atoms with E-state index in [1.807, 2.05) is 12.1 Å². The molecule has 1 aliphatic carbocycles. The summed E-state index contributed by atoms with van der Waals surface area (Å²) < 4.78 is 22.8. The topological polar surface area (TPSA) is 96.0 Å². The lowest BCUT2D eigenvalue weighted by atomic mass is 9.78. The molecule has 0 amide bonds. The Morgan fingerprint density at radius 2 is 1.77 bits per heavy atom. The van der Waals surface area contributed by atoms with Gasteiger partial charge in [0.1, 0.15) is 6.07 Å². The highest BCUT2D eigenvalue weighted by molar-refractivity contribution is 7.89. The molecule has 2 aromatic rings. The van der Waals surface area contributed by atoms with Gasteiger partial charge in [-0.15, -0.1) is 0 Å².